The minimum absolute atomic E-state index is 0.379. The second-order valence-electron chi connectivity index (χ2n) is 4.54. The summed E-state index contributed by atoms with van der Waals surface area (Å²) in [5.74, 6) is -1.11. The molecule has 0 saturated heterocycles. The van der Waals surface area contributed by atoms with E-state index in [2.05, 4.69) is 31.5 Å². The fourth-order valence-electron chi connectivity index (χ4n) is 1.69. The van der Waals surface area contributed by atoms with Gasteiger partial charge >= 0.3 is 11.8 Å². The maximum Gasteiger partial charge on any atom is 0.315 e. The average Bonchev–Trinajstić information content (AvgIpc) is 2.45. The lowest BCUT2D eigenvalue weighted by Gasteiger charge is -2.08. The monoisotopic (exact) mass is 347 g/mol. The summed E-state index contributed by atoms with van der Waals surface area (Å²) in [7, 11) is 0. The Morgan fingerprint density at radius 2 is 1.76 bits per heavy atom. The van der Waals surface area contributed by atoms with Crippen LogP contribution < -0.4 is 10.6 Å². The highest BCUT2D eigenvalue weighted by Crippen LogP contribution is 2.20. The van der Waals surface area contributed by atoms with Crippen molar-refractivity contribution in [3.63, 3.8) is 0 Å². The molecule has 2 rings (SSSR count). The summed E-state index contributed by atoms with van der Waals surface area (Å²) in [6, 6.07) is 8.87. The zero-order valence-corrected chi connectivity index (χ0v) is 13.2. The summed E-state index contributed by atoms with van der Waals surface area (Å²) in [6.45, 7) is 3.70. The number of aromatic nitrogens is 1. The van der Waals surface area contributed by atoms with Crippen LogP contribution in [0.5, 0.6) is 0 Å². The molecule has 0 atom stereocenters. The predicted octanol–water partition coefficient (Wildman–Crippen LogP) is 3.04. The highest BCUT2D eigenvalue weighted by atomic mass is 79.9. The van der Waals surface area contributed by atoms with E-state index >= 15 is 0 Å². The van der Waals surface area contributed by atoms with Crippen LogP contribution in [0.15, 0.2) is 41.0 Å². The molecule has 0 bridgehead atoms. The highest BCUT2D eigenvalue weighted by Gasteiger charge is 2.15. The second-order valence-corrected chi connectivity index (χ2v) is 5.40. The summed E-state index contributed by atoms with van der Waals surface area (Å²) >= 11 is 3.38. The number of hydrogen-bond donors (Lipinski definition) is 2. The molecule has 2 amide bonds. The molecule has 0 fully saturated rings. The normalized spacial score (nSPS) is 10.0. The van der Waals surface area contributed by atoms with Crippen LogP contribution in [0.25, 0.3) is 0 Å². The van der Waals surface area contributed by atoms with E-state index in [1.54, 1.807) is 37.4 Å². The van der Waals surface area contributed by atoms with Crippen LogP contribution in [0.3, 0.4) is 0 Å². The number of carbonyl (C=O) groups is 2. The lowest BCUT2D eigenvalue weighted by molar-refractivity contribution is -0.133. The Morgan fingerprint density at radius 3 is 2.43 bits per heavy atom. The van der Waals surface area contributed by atoms with E-state index in [0.717, 1.165) is 15.6 Å². The molecule has 1 aromatic heterocycles. The van der Waals surface area contributed by atoms with E-state index < -0.39 is 11.8 Å². The van der Waals surface area contributed by atoms with Crippen LogP contribution in [-0.4, -0.2) is 16.8 Å². The number of hydrogen-bond acceptors (Lipinski definition) is 3. The quantitative estimate of drug-likeness (QED) is 0.820. The summed E-state index contributed by atoms with van der Waals surface area (Å²) in [5.41, 5.74) is 2.32. The minimum Gasteiger partial charge on any atom is -0.318 e. The predicted molar refractivity (Wildman–Crippen MR) is 85.1 cm³/mol. The maximum absolute atomic E-state index is 11.9. The van der Waals surface area contributed by atoms with Gasteiger partial charge in [0.1, 0.15) is 5.82 Å². The fourth-order valence-corrected chi connectivity index (χ4v) is 1.94. The molecular weight excluding hydrogens is 334 g/mol. The Kier molecular flexibility index (Phi) is 4.70. The number of carbonyl (C=O) groups excluding carboxylic acids is 2. The SMILES string of the molecule is Cc1cc(NC(=O)C(=O)Nc2ncccc2C)ccc1Br. The maximum atomic E-state index is 11.9. The molecule has 0 aliphatic carbocycles. The topological polar surface area (TPSA) is 71.1 Å². The number of halogens is 1. The second kappa shape index (κ2) is 6.49. The average molecular weight is 348 g/mol. The smallest absolute Gasteiger partial charge is 0.315 e. The molecular formula is C15H14BrN3O2. The van der Waals surface area contributed by atoms with E-state index in [9.17, 15) is 9.59 Å². The third-order valence-corrected chi connectivity index (χ3v) is 3.75. The Labute approximate surface area is 130 Å². The van der Waals surface area contributed by atoms with Gasteiger partial charge in [0.25, 0.3) is 0 Å². The molecule has 0 saturated carbocycles. The number of benzene rings is 1. The number of nitrogens with one attached hydrogen (secondary N) is 2. The number of anilines is 2. The number of aryl methyl sites for hydroxylation is 2. The summed E-state index contributed by atoms with van der Waals surface area (Å²) in [6.07, 6.45) is 1.55. The van der Waals surface area contributed by atoms with Crippen LogP contribution in [0.2, 0.25) is 0 Å². The van der Waals surface area contributed by atoms with Crippen LogP contribution in [0.1, 0.15) is 11.1 Å². The van der Waals surface area contributed by atoms with Gasteiger partial charge in [-0.15, -0.1) is 0 Å². The van der Waals surface area contributed by atoms with Gasteiger partial charge in [-0.05, 0) is 49.2 Å². The van der Waals surface area contributed by atoms with Crippen molar-refractivity contribution in [2.24, 2.45) is 0 Å². The van der Waals surface area contributed by atoms with Crippen molar-refractivity contribution in [1.29, 1.82) is 0 Å². The van der Waals surface area contributed by atoms with Gasteiger partial charge in [-0.1, -0.05) is 22.0 Å². The third-order valence-electron chi connectivity index (χ3n) is 2.86. The van der Waals surface area contributed by atoms with Gasteiger partial charge in [-0.25, -0.2) is 4.98 Å². The number of pyridine rings is 1. The van der Waals surface area contributed by atoms with Gasteiger partial charge in [-0.3, -0.25) is 9.59 Å². The van der Waals surface area contributed by atoms with E-state index in [1.807, 2.05) is 13.0 Å². The van der Waals surface area contributed by atoms with Crippen LogP contribution in [0.4, 0.5) is 11.5 Å². The molecule has 21 heavy (non-hydrogen) atoms. The Bertz CT molecular complexity index is 701. The molecule has 0 spiro atoms. The zero-order chi connectivity index (χ0) is 15.4. The van der Waals surface area contributed by atoms with Gasteiger partial charge in [0, 0.05) is 16.4 Å². The summed E-state index contributed by atoms with van der Waals surface area (Å²) < 4.78 is 0.939. The summed E-state index contributed by atoms with van der Waals surface area (Å²) in [5, 5.41) is 5.03. The van der Waals surface area contributed by atoms with Crippen molar-refractivity contribution in [3.8, 4) is 0 Å². The first-order valence-electron chi connectivity index (χ1n) is 6.27. The fraction of sp³-hybridized carbons (Fsp3) is 0.133. The Hall–Kier alpha value is -2.21. The van der Waals surface area contributed by atoms with Crippen LogP contribution in [-0.2, 0) is 9.59 Å². The van der Waals surface area contributed by atoms with Gasteiger partial charge < -0.3 is 10.6 Å². The molecule has 2 N–H and O–H groups in total. The van der Waals surface area contributed by atoms with Crippen LogP contribution >= 0.6 is 15.9 Å². The van der Waals surface area contributed by atoms with Crippen molar-refractivity contribution >= 4 is 39.2 Å². The largest absolute Gasteiger partial charge is 0.318 e. The van der Waals surface area contributed by atoms with Crippen molar-refractivity contribution in [2.45, 2.75) is 13.8 Å². The van der Waals surface area contributed by atoms with Gasteiger partial charge in [0.2, 0.25) is 0 Å². The molecule has 0 aliphatic heterocycles. The summed E-state index contributed by atoms with van der Waals surface area (Å²) in [4.78, 5) is 27.7. The van der Waals surface area contributed by atoms with Gasteiger partial charge in [0.05, 0.1) is 0 Å². The standard InChI is InChI=1S/C15H14BrN3O2/c1-9-4-3-7-17-13(9)19-15(21)14(20)18-11-5-6-12(16)10(2)8-11/h3-8H,1-2H3,(H,18,20)(H,17,19,21). The lowest BCUT2D eigenvalue weighted by Crippen LogP contribution is -2.29. The molecule has 5 nitrogen and oxygen atoms in total. The minimum atomic E-state index is -0.752. The zero-order valence-electron chi connectivity index (χ0n) is 11.6. The van der Waals surface area contributed by atoms with Crippen molar-refractivity contribution in [3.05, 3.63) is 52.1 Å². The third kappa shape index (κ3) is 3.88. The van der Waals surface area contributed by atoms with Gasteiger partial charge in [0.15, 0.2) is 0 Å². The molecule has 6 heteroatoms. The van der Waals surface area contributed by atoms with E-state index in [-0.39, 0.29) is 0 Å². The first-order chi connectivity index (χ1) is 9.97. The van der Waals surface area contributed by atoms with Crippen molar-refractivity contribution in [1.82, 2.24) is 4.98 Å². The van der Waals surface area contributed by atoms with Crippen molar-refractivity contribution in [2.75, 3.05) is 10.6 Å². The Morgan fingerprint density at radius 1 is 1.05 bits per heavy atom. The van der Waals surface area contributed by atoms with Crippen molar-refractivity contribution < 1.29 is 9.59 Å². The molecule has 0 unspecified atom stereocenters. The molecule has 1 heterocycles. The molecule has 1 aromatic carbocycles. The highest BCUT2D eigenvalue weighted by molar-refractivity contribution is 9.10. The number of amides is 2. The van der Waals surface area contributed by atoms with Crippen LogP contribution in [0, 0.1) is 13.8 Å². The molecule has 108 valence electrons. The van der Waals surface area contributed by atoms with E-state index in [1.165, 1.54) is 0 Å². The van der Waals surface area contributed by atoms with E-state index in [4.69, 9.17) is 0 Å². The first-order valence-corrected chi connectivity index (χ1v) is 7.07. The molecule has 2 aromatic rings. The number of rotatable bonds is 2. The molecule has 0 radical (unpaired) electrons. The molecule has 0 aliphatic rings. The number of nitrogens with zero attached hydrogens (tertiary/aromatic N) is 1. The lowest BCUT2D eigenvalue weighted by atomic mass is 10.2. The first kappa shape index (κ1) is 15.2. The van der Waals surface area contributed by atoms with Gasteiger partial charge in [-0.2, -0.15) is 0 Å². The van der Waals surface area contributed by atoms with E-state index in [0.29, 0.717) is 11.5 Å². The Balaban J connectivity index is 2.04.